The van der Waals surface area contributed by atoms with E-state index in [0.29, 0.717) is 17.9 Å². The van der Waals surface area contributed by atoms with Crippen LogP contribution in [0.3, 0.4) is 0 Å². The molecule has 24 heavy (non-hydrogen) atoms. The molecule has 2 saturated carbocycles. The number of nitrogens with zero attached hydrogens (tertiary/aromatic N) is 2. The number of ether oxygens (including phenoxy) is 1. The number of aliphatic imine (C=N–C) groups is 1. The average Bonchev–Trinajstić information content (AvgIpc) is 2.93. The Hall–Kier alpha value is -1.49. The van der Waals surface area contributed by atoms with Crippen LogP contribution in [-0.2, 0) is 10.2 Å². The molecule has 4 heterocycles. The summed E-state index contributed by atoms with van der Waals surface area (Å²) >= 11 is 0. The van der Waals surface area contributed by atoms with Gasteiger partial charge in [-0.2, -0.15) is 0 Å². The van der Waals surface area contributed by atoms with Crippen LogP contribution in [0.4, 0.5) is 5.69 Å². The van der Waals surface area contributed by atoms with Crippen molar-refractivity contribution >= 4 is 11.4 Å². The number of para-hydroxylation sites is 1. The highest BCUT2D eigenvalue weighted by Crippen LogP contribution is 2.72. The van der Waals surface area contributed by atoms with Crippen LogP contribution in [0.15, 0.2) is 41.9 Å². The van der Waals surface area contributed by atoms with Gasteiger partial charge in [0.25, 0.3) is 0 Å². The van der Waals surface area contributed by atoms with Gasteiger partial charge < -0.3 is 9.84 Å². The van der Waals surface area contributed by atoms with Crippen molar-refractivity contribution in [2.24, 2.45) is 22.2 Å². The monoisotopic (exact) mass is 322 g/mol. The lowest BCUT2D eigenvalue weighted by atomic mass is 9.37. The summed E-state index contributed by atoms with van der Waals surface area (Å²) in [4.78, 5) is 7.22. The zero-order valence-corrected chi connectivity index (χ0v) is 13.9. The highest BCUT2D eigenvalue weighted by molar-refractivity contribution is 6.07. The maximum absolute atomic E-state index is 11.4. The number of piperidine rings is 2. The fourth-order valence-corrected chi connectivity index (χ4v) is 7.01. The summed E-state index contributed by atoms with van der Waals surface area (Å²) in [6.07, 6.45) is 3.64. The molecule has 3 saturated heterocycles. The van der Waals surface area contributed by atoms with Gasteiger partial charge in [0.2, 0.25) is 0 Å². The van der Waals surface area contributed by atoms with Crippen molar-refractivity contribution in [3.05, 3.63) is 42.5 Å². The Morgan fingerprint density at radius 2 is 2.25 bits per heavy atom. The van der Waals surface area contributed by atoms with Crippen LogP contribution in [-0.4, -0.2) is 47.7 Å². The van der Waals surface area contributed by atoms with Crippen LogP contribution in [0.5, 0.6) is 0 Å². The molecule has 4 heteroatoms. The largest absolute Gasteiger partial charge is 0.377 e. The molecule has 0 radical (unpaired) electrons. The number of fused-ring (bicyclic) bond motifs is 4. The van der Waals surface area contributed by atoms with Crippen molar-refractivity contribution in [3.8, 4) is 0 Å². The van der Waals surface area contributed by atoms with E-state index in [0.717, 1.165) is 30.8 Å². The summed E-state index contributed by atoms with van der Waals surface area (Å²) in [6.45, 7) is 5.02. The summed E-state index contributed by atoms with van der Waals surface area (Å²) in [6, 6.07) is 8.80. The number of aliphatic hydroxyl groups is 1. The molecule has 4 aliphatic heterocycles. The zero-order valence-electron chi connectivity index (χ0n) is 13.9. The van der Waals surface area contributed by atoms with Gasteiger partial charge in [-0.25, -0.2) is 0 Å². The first-order chi connectivity index (χ1) is 11.6. The first-order valence-electron chi connectivity index (χ1n) is 8.99. The molecule has 0 amide bonds. The van der Waals surface area contributed by atoms with Gasteiger partial charge in [-0.05, 0) is 37.4 Å². The Bertz CT molecular complexity index is 805. The van der Waals surface area contributed by atoms with E-state index >= 15 is 0 Å². The first kappa shape index (κ1) is 13.8. The van der Waals surface area contributed by atoms with Crippen LogP contribution in [0.1, 0.15) is 18.4 Å². The van der Waals surface area contributed by atoms with Crippen molar-refractivity contribution in [2.45, 2.75) is 36.6 Å². The molecular formula is C20H22N2O2. The fraction of sp³-hybridized carbons (Fsp3) is 0.550. The second-order valence-electron chi connectivity index (χ2n) is 8.20. The molecule has 7 atom stereocenters. The molecule has 0 aromatic heterocycles. The molecule has 2 aliphatic carbocycles. The molecule has 1 aromatic rings. The Balaban J connectivity index is 1.73. The minimum Gasteiger partial charge on any atom is -0.377 e. The van der Waals surface area contributed by atoms with Crippen LogP contribution in [0.25, 0.3) is 0 Å². The predicted octanol–water partition coefficient (Wildman–Crippen LogP) is 2.25. The van der Waals surface area contributed by atoms with E-state index in [1.165, 1.54) is 5.56 Å². The summed E-state index contributed by atoms with van der Waals surface area (Å²) < 4.78 is 6.27. The fourth-order valence-electron chi connectivity index (χ4n) is 7.01. The van der Waals surface area contributed by atoms with Crippen LogP contribution < -0.4 is 0 Å². The number of benzene rings is 1. The lowest BCUT2D eigenvalue weighted by Gasteiger charge is -2.73. The van der Waals surface area contributed by atoms with Crippen molar-refractivity contribution in [1.29, 1.82) is 0 Å². The highest BCUT2D eigenvalue weighted by atomic mass is 16.5. The molecule has 1 spiro atoms. The van der Waals surface area contributed by atoms with Gasteiger partial charge in [-0.15, -0.1) is 6.58 Å². The van der Waals surface area contributed by atoms with Gasteiger partial charge in [0.15, 0.2) is 0 Å². The Morgan fingerprint density at radius 3 is 3.08 bits per heavy atom. The number of hydrogen-bond acceptors (Lipinski definition) is 4. The van der Waals surface area contributed by atoms with Crippen LogP contribution in [0, 0.1) is 17.3 Å². The van der Waals surface area contributed by atoms with Crippen molar-refractivity contribution in [2.75, 3.05) is 13.7 Å². The van der Waals surface area contributed by atoms with E-state index in [-0.39, 0.29) is 16.9 Å². The molecule has 5 bridgehead atoms. The van der Waals surface area contributed by atoms with Crippen LogP contribution >= 0.6 is 0 Å². The van der Waals surface area contributed by atoms with Crippen molar-refractivity contribution < 1.29 is 9.84 Å². The summed E-state index contributed by atoms with van der Waals surface area (Å²) in [5.74, 6) is 0.899. The van der Waals surface area contributed by atoms with Gasteiger partial charge >= 0.3 is 0 Å². The molecular weight excluding hydrogens is 300 g/mol. The number of aliphatic hydroxyl groups excluding tert-OH is 1. The normalized spacial score (nSPS) is 50.4. The van der Waals surface area contributed by atoms with E-state index in [2.05, 4.69) is 48.9 Å². The van der Waals surface area contributed by atoms with Gasteiger partial charge in [-0.1, -0.05) is 24.3 Å². The van der Waals surface area contributed by atoms with Crippen molar-refractivity contribution in [1.82, 2.24) is 4.90 Å². The number of hydrogen-bond donors (Lipinski definition) is 1. The van der Waals surface area contributed by atoms with Gasteiger partial charge in [0.1, 0.15) is 6.23 Å². The molecule has 6 aliphatic rings. The lowest BCUT2D eigenvalue weighted by Crippen LogP contribution is -2.81. The van der Waals surface area contributed by atoms with E-state index in [9.17, 15) is 5.11 Å². The summed E-state index contributed by atoms with van der Waals surface area (Å²) in [5, 5.41) is 11.4. The first-order valence-corrected chi connectivity index (χ1v) is 8.99. The molecule has 5 fully saturated rings. The van der Waals surface area contributed by atoms with Crippen LogP contribution in [0.2, 0.25) is 0 Å². The highest BCUT2D eigenvalue weighted by Gasteiger charge is 2.77. The molecule has 1 aromatic carbocycles. The standard InChI is InChI=1S/C20H22N2O2/c1-3-19-13-8-16-17-20(19,12-6-4-5-7-14(12)21-17)9-15(11(13)10-24-16)22(2)18(19)23/h3-7,11,13,15-16,18,23H,1,8-10H2,2H3/t11-,13+,15-,16+,18+,19+,20-/m0/s1. The maximum atomic E-state index is 11.4. The second kappa shape index (κ2) is 4.01. The van der Waals surface area contributed by atoms with Gasteiger partial charge in [0.05, 0.1) is 29.5 Å². The quantitative estimate of drug-likeness (QED) is 0.807. The third kappa shape index (κ3) is 1.12. The maximum Gasteiger partial charge on any atom is 0.118 e. The summed E-state index contributed by atoms with van der Waals surface area (Å²) in [7, 11) is 2.06. The average molecular weight is 322 g/mol. The molecule has 1 N–H and O–H groups in total. The zero-order chi connectivity index (χ0) is 16.3. The Labute approximate surface area is 141 Å². The third-order valence-electron chi connectivity index (χ3n) is 7.86. The van der Waals surface area contributed by atoms with E-state index < -0.39 is 6.23 Å². The minimum absolute atomic E-state index is 0.100. The Kier molecular flexibility index (Phi) is 2.30. The topological polar surface area (TPSA) is 45.1 Å². The lowest BCUT2D eigenvalue weighted by molar-refractivity contribution is -0.266. The second-order valence-corrected chi connectivity index (χ2v) is 8.20. The van der Waals surface area contributed by atoms with Gasteiger partial charge in [-0.3, -0.25) is 9.89 Å². The third-order valence-corrected chi connectivity index (χ3v) is 7.86. The van der Waals surface area contributed by atoms with Gasteiger partial charge in [0, 0.05) is 17.4 Å². The molecule has 7 rings (SSSR count). The molecule has 4 nitrogen and oxygen atoms in total. The molecule has 124 valence electrons. The minimum atomic E-state index is -0.509. The van der Waals surface area contributed by atoms with E-state index in [1.54, 1.807) is 0 Å². The Morgan fingerprint density at radius 1 is 1.42 bits per heavy atom. The van der Waals surface area contributed by atoms with E-state index in [4.69, 9.17) is 9.73 Å². The van der Waals surface area contributed by atoms with E-state index in [1.807, 2.05) is 0 Å². The smallest absolute Gasteiger partial charge is 0.118 e. The predicted molar refractivity (Wildman–Crippen MR) is 91.4 cm³/mol. The molecule has 0 unspecified atom stereocenters. The van der Waals surface area contributed by atoms with Crippen molar-refractivity contribution in [3.63, 3.8) is 0 Å². The SMILES string of the molecule is C=C[C@]12[C@@H]3C[C@H]4OC[C@@H]3[C@H](C[C@]13C4=Nc1ccccc13)N(C)[C@@H]2O. The number of rotatable bonds is 1. The summed E-state index contributed by atoms with van der Waals surface area (Å²) in [5.41, 5.74) is 2.87.